The van der Waals surface area contributed by atoms with E-state index in [1.54, 1.807) is 6.07 Å². The van der Waals surface area contributed by atoms with Gasteiger partial charge in [-0.25, -0.2) is 9.18 Å². The van der Waals surface area contributed by atoms with Crippen LogP contribution in [0.1, 0.15) is 27.2 Å². The number of ether oxygens (including phenoxy) is 1. The molecule has 1 N–H and O–H groups in total. The molecule has 1 atom stereocenters. The fourth-order valence-corrected chi connectivity index (χ4v) is 2.91. The Morgan fingerprint density at radius 3 is 2.81 bits per heavy atom. The van der Waals surface area contributed by atoms with Crippen LogP contribution in [0.5, 0.6) is 0 Å². The number of amides is 1. The van der Waals surface area contributed by atoms with Gasteiger partial charge >= 0.3 is 6.09 Å². The summed E-state index contributed by atoms with van der Waals surface area (Å²) in [5.41, 5.74) is 0.437. The SMILES string of the molecule is CC(C)(C)OC(=O)NC1CCN(c2ccc(F)cc2Br)C1. The van der Waals surface area contributed by atoms with Crippen molar-refractivity contribution >= 4 is 27.7 Å². The largest absolute Gasteiger partial charge is 0.444 e. The highest BCUT2D eigenvalue weighted by molar-refractivity contribution is 9.10. The van der Waals surface area contributed by atoms with Crippen LogP contribution in [0.4, 0.5) is 14.9 Å². The van der Waals surface area contributed by atoms with Gasteiger partial charge in [-0.05, 0) is 61.3 Å². The first-order valence-electron chi connectivity index (χ1n) is 6.94. The minimum atomic E-state index is -0.498. The maximum Gasteiger partial charge on any atom is 0.407 e. The van der Waals surface area contributed by atoms with Crippen LogP contribution in [0.15, 0.2) is 22.7 Å². The van der Waals surface area contributed by atoms with Crippen molar-refractivity contribution in [2.45, 2.75) is 38.8 Å². The molecule has 0 saturated carbocycles. The average Bonchev–Trinajstić information content (AvgIpc) is 2.74. The monoisotopic (exact) mass is 358 g/mol. The Labute approximate surface area is 132 Å². The van der Waals surface area contributed by atoms with Crippen LogP contribution in [0.2, 0.25) is 0 Å². The highest BCUT2D eigenvalue weighted by Gasteiger charge is 2.27. The second kappa shape index (κ2) is 6.22. The number of anilines is 1. The molecule has 1 aromatic rings. The molecule has 2 rings (SSSR count). The van der Waals surface area contributed by atoms with Crippen molar-refractivity contribution in [2.24, 2.45) is 0 Å². The molecule has 1 amide bonds. The lowest BCUT2D eigenvalue weighted by Gasteiger charge is -2.23. The summed E-state index contributed by atoms with van der Waals surface area (Å²) < 4.78 is 19.1. The summed E-state index contributed by atoms with van der Waals surface area (Å²) in [5, 5.41) is 2.87. The number of carbonyl (C=O) groups is 1. The van der Waals surface area contributed by atoms with E-state index in [1.165, 1.54) is 12.1 Å². The smallest absolute Gasteiger partial charge is 0.407 e. The van der Waals surface area contributed by atoms with Crippen molar-refractivity contribution in [3.8, 4) is 0 Å². The highest BCUT2D eigenvalue weighted by atomic mass is 79.9. The number of hydrogen-bond donors (Lipinski definition) is 1. The van der Waals surface area contributed by atoms with Gasteiger partial charge < -0.3 is 15.0 Å². The molecule has 21 heavy (non-hydrogen) atoms. The molecule has 0 bridgehead atoms. The maximum absolute atomic E-state index is 13.1. The number of alkyl carbamates (subject to hydrolysis) is 1. The number of benzene rings is 1. The Kier molecular flexibility index (Phi) is 4.76. The number of carbonyl (C=O) groups excluding carboxylic acids is 1. The van der Waals surface area contributed by atoms with E-state index in [0.29, 0.717) is 6.54 Å². The van der Waals surface area contributed by atoms with Gasteiger partial charge in [-0.1, -0.05) is 0 Å². The first kappa shape index (κ1) is 16.1. The molecule has 1 aliphatic heterocycles. The van der Waals surface area contributed by atoms with Gasteiger partial charge in [0.15, 0.2) is 0 Å². The summed E-state index contributed by atoms with van der Waals surface area (Å²) in [6.45, 7) is 7.00. The third-order valence-corrected chi connectivity index (χ3v) is 3.79. The average molecular weight is 359 g/mol. The van der Waals surface area contributed by atoms with Crippen LogP contribution >= 0.6 is 15.9 Å². The van der Waals surface area contributed by atoms with E-state index in [4.69, 9.17) is 4.74 Å². The van der Waals surface area contributed by atoms with Crippen LogP contribution in [-0.4, -0.2) is 30.8 Å². The standard InChI is InChI=1S/C15H20BrFN2O2/c1-15(2,3)21-14(20)18-11-6-7-19(9-11)13-5-4-10(17)8-12(13)16/h4-5,8,11H,6-7,9H2,1-3H3,(H,18,20). The van der Waals surface area contributed by atoms with Gasteiger partial charge in [0.1, 0.15) is 11.4 Å². The number of hydrogen-bond acceptors (Lipinski definition) is 3. The molecule has 6 heteroatoms. The number of halogens is 2. The Morgan fingerprint density at radius 2 is 2.19 bits per heavy atom. The summed E-state index contributed by atoms with van der Waals surface area (Å²) in [4.78, 5) is 13.9. The van der Waals surface area contributed by atoms with Gasteiger partial charge in [0.2, 0.25) is 0 Å². The second-order valence-corrected chi connectivity index (χ2v) is 7.03. The molecule has 0 aromatic heterocycles. The van der Waals surface area contributed by atoms with E-state index in [0.717, 1.165) is 23.1 Å². The number of nitrogens with zero attached hydrogens (tertiary/aromatic N) is 1. The molecule has 0 aliphatic carbocycles. The normalized spacial score (nSPS) is 18.7. The molecule has 0 radical (unpaired) electrons. The van der Waals surface area contributed by atoms with Crippen molar-refractivity contribution in [1.82, 2.24) is 5.32 Å². The third kappa shape index (κ3) is 4.59. The van der Waals surface area contributed by atoms with Crippen LogP contribution in [0.3, 0.4) is 0 Å². The van der Waals surface area contributed by atoms with Crippen LogP contribution in [0, 0.1) is 5.82 Å². The molecule has 0 spiro atoms. The van der Waals surface area contributed by atoms with E-state index < -0.39 is 11.7 Å². The van der Waals surface area contributed by atoms with Gasteiger partial charge in [-0.3, -0.25) is 0 Å². The predicted molar refractivity (Wildman–Crippen MR) is 84.1 cm³/mol. The minimum absolute atomic E-state index is 0.0387. The topological polar surface area (TPSA) is 41.6 Å². The Morgan fingerprint density at radius 1 is 1.48 bits per heavy atom. The van der Waals surface area contributed by atoms with Crippen molar-refractivity contribution in [2.75, 3.05) is 18.0 Å². The lowest BCUT2D eigenvalue weighted by Crippen LogP contribution is -2.40. The lowest BCUT2D eigenvalue weighted by molar-refractivity contribution is 0.0509. The fraction of sp³-hybridized carbons (Fsp3) is 0.533. The Hall–Kier alpha value is -1.30. The molecule has 1 aromatic carbocycles. The summed E-state index contributed by atoms with van der Waals surface area (Å²) >= 11 is 3.37. The summed E-state index contributed by atoms with van der Waals surface area (Å²) in [7, 11) is 0. The van der Waals surface area contributed by atoms with Crippen molar-refractivity contribution in [1.29, 1.82) is 0 Å². The van der Waals surface area contributed by atoms with Crippen LogP contribution < -0.4 is 10.2 Å². The zero-order chi connectivity index (χ0) is 15.6. The minimum Gasteiger partial charge on any atom is -0.444 e. The summed E-state index contributed by atoms with van der Waals surface area (Å²) in [5.74, 6) is -0.270. The zero-order valence-electron chi connectivity index (χ0n) is 12.5. The first-order chi connectivity index (χ1) is 9.74. The van der Waals surface area contributed by atoms with E-state index >= 15 is 0 Å². The molecule has 1 unspecified atom stereocenters. The molecule has 4 nitrogen and oxygen atoms in total. The quantitative estimate of drug-likeness (QED) is 0.876. The zero-order valence-corrected chi connectivity index (χ0v) is 14.0. The van der Waals surface area contributed by atoms with E-state index in [2.05, 4.69) is 26.1 Å². The van der Waals surface area contributed by atoms with Crippen LogP contribution in [-0.2, 0) is 4.74 Å². The van der Waals surface area contributed by atoms with Gasteiger partial charge in [0, 0.05) is 17.6 Å². The van der Waals surface area contributed by atoms with Gasteiger partial charge in [0.25, 0.3) is 0 Å². The maximum atomic E-state index is 13.1. The Balaban J connectivity index is 1.93. The molecule has 1 aliphatic rings. The molecule has 1 fully saturated rings. The highest BCUT2D eigenvalue weighted by Crippen LogP contribution is 2.29. The fourth-order valence-electron chi connectivity index (χ4n) is 2.31. The van der Waals surface area contributed by atoms with Crippen LogP contribution in [0.25, 0.3) is 0 Å². The third-order valence-electron chi connectivity index (χ3n) is 3.16. The number of rotatable bonds is 2. The molecular weight excluding hydrogens is 339 g/mol. The Bertz CT molecular complexity index is 531. The number of nitrogens with one attached hydrogen (secondary N) is 1. The van der Waals surface area contributed by atoms with Crippen molar-refractivity contribution in [3.05, 3.63) is 28.5 Å². The van der Waals surface area contributed by atoms with E-state index in [1.807, 2.05) is 20.8 Å². The lowest BCUT2D eigenvalue weighted by atomic mass is 10.2. The van der Waals surface area contributed by atoms with Crippen molar-refractivity contribution in [3.63, 3.8) is 0 Å². The van der Waals surface area contributed by atoms with E-state index in [9.17, 15) is 9.18 Å². The molecular formula is C15H20BrFN2O2. The molecule has 1 heterocycles. The molecule has 116 valence electrons. The van der Waals surface area contributed by atoms with Gasteiger partial charge in [-0.2, -0.15) is 0 Å². The van der Waals surface area contributed by atoms with Gasteiger partial charge in [-0.15, -0.1) is 0 Å². The predicted octanol–water partition coefficient (Wildman–Crippen LogP) is 3.69. The first-order valence-corrected chi connectivity index (χ1v) is 7.73. The summed E-state index contributed by atoms with van der Waals surface area (Å²) in [6, 6.07) is 4.67. The summed E-state index contributed by atoms with van der Waals surface area (Å²) in [6.07, 6.45) is 0.441. The second-order valence-electron chi connectivity index (χ2n) is 6.17. The molecule has 1 saturated heterocycles. The van der Waals surface area contributed by atoms with Crippen molar-refractivity contribution < 1.29 is 13.9 Å². The van der Waals surface area contributed by atoms with E-state index in [-0.39, 0.29) is 11.9 Å². The van der Waals surface area contributed by atoms with Gasteiger partial charge in [0.05, 0.1) is 11.7 Å².